The van der Waals surface area contributed by atoms with Crippen LogP contribution in [0.15, 0.2) is 0 Å². The van der Waals surface area contributed by atoms with Gasteiger partial charge in [-0.1, -0.05) is 57.3 Å². The first-order chi connectivity index (χ1) is 7.41. The summed E-state index contributed by atoms with van der Waals surface area (Å²) in [4.78, 5) is 11.6. The number of nitrogens with zero attached hydrogens (tertiary/aromatic N) is 2. The van der Waals surface area contributed by atoms with Gasteiger partial charge in [0.15, 0.2) is 9.66 Å². The van der Waals surface area contributed by atoms with Gasteiger partial charge in [-0.3, -0.25) is 0 Å². The van der Waals surface area contributed by atoms with E-state index in [0.717, 1.165) is 16.1 Å². The maximum absolute atomic E-state index is 4.70. The van der Waals surface area contributed by atoms with E-state index in [-0.39, 0.29) is 5.41 Å². The maximum atomic E-state index is 4.70. The Kier molecular flexibility index (Phi) is 3.05. The van der Waals surface area contributed by atoms with Crippen LogP contribution in [0.3, 0.4) is 0 Å². The smallest absolute Gasteiger partial charge is 0.155 e. The monoisotopic (exact) mass is 254 g/mol. The predicted octanol–water partition coefficient (Wildman–Crippen LogP) is 4.56. The van der Waals surface area contributed by atoms with Crippen molar-refractivity contribution >= 4 is 32.3 Å². The van der Waals surface area contributed by atoms with Crippen molar-refractivity contribution < 1.29 is 0 Å². The Balaban J connectivity index is 2.41. The Hall–Kier alpha value is -0.480. The van der Waals surface area contributed by atoms with Crippen LogP contribution in [-0.4, -0.2) is 9.97 Å². The number of aromatic nitrogens is 2. The van der Waals surface area contributed by atoms with Crippen LogP contribution in [0.25, 0.3) is 9.66 Å². The van der Waals surface area contributed by atoms with Gasteiger partial charge in [0, 0.05) is 11.3 Å². The van der Waals surface area contributed by atoms with E-state index in [1.165, 1.54) is 10.0 Å². The number of rotatable bonds is 2. The van der Waals surface area contributed by atoms with Gasteiger partial charge in [-0.05, 0) is 6.42 Å². The molecule has 2 aromatic heterocycles. The zero-order valence-electron chi connectivity index (χ0n) is 10.5. The molecule has 0 aliphatic rings. The molecule has 4 heteroatoms. The van der Waals surface area contributed by atoms with Crippen LogP contribution in [-0.2, 0) is 5.41 Å². The highest BCUT2D eigenvalue weighted by Gasteiger charge is 2.21. The number of hydrogen-bond donors (Lipinski definition) is 0. The molecule has 0 amide bonds. The van der Waals surface area contributed by atoms with Crippen molar-refractivity contribution in [2.75, 3.05) is 0 Å². The van der Waals surface area contributed by atoms with Gasteiger partial charge in [-0.15, -0.1) is 0 Å². The van der Waals surface area contributed by atoms with Gasteiger partial charge in [0.1, 0.15) is 5.01 Å². The minimum atomic E-state index is 0.140. The summed E-state index contributed by atoms with van der Waals surface area (Å²) in [5.74, 6) is 0.560. The molecule has 0 fully saturated rings. The van der Waals surface area contributed by atoms with Gasteiger partial charge in [-0.25, -0.2) is 9.97 Å². The standard InChI is InChI=1S/C12H18N2S2/c1-6-7(2)8-13-9-10(15-8)14-11(16-9)12(3,4)5/h7H,6H2,1-5H3. The van der Waals surface area contributed by atoms with Crippen molar-refractivity contribution in [1.82, 2.24) is 9.97 Å². The number of fused-ring (bicyclic) bond motifs is 1. The van der Waals surface area contributed by atoms with Crippen molar-refractivity contribution in [3.8, 4) is 0 Å². The van der Waals surface area contributed by atoms with E-state index in [4.69, 9.17) is 9.97 Å². The lowest BCUT2D eigenvalue weighted by Gasteiger charge is -2.13. The molecule has 2 nitrogen and oxygen atoms in total. The molecule has 0 radical (unpaired) electrons. The fourth-order valence-electron chi connectivity index (χ4n) is 1.36. The molecule has 88 valence electrons. The van der Waals surface area contributed by atoms with E-state index < -0.39 is 0 Å². The Bertz CT molecular complexity index is 459. The third-order valence-corrected chi connectivity index (χ3v) is 5.35. The highest BCUT2D eigenvalue weighted by molar-refractivity contribution is 7.26. The largest absolute Gasteiger partial charge is 0.228 e. The fourth-order valence-corrected chi connectivity index (χ4v) is 3.60. The van der Waals surface area contributed by atoms with Crippen LogP contribution in [0, 0.1) is 0 Å². The van der Waals surface area contributed by atoms with Gasteiger partial charge in [0.2, 0.25) is 0 Å². The van der Waals surface area contributed by atoms with E-state index >= 15 is 0 Å². The van der Waals surface area contributed by atoms with Gasteiger partial charge in [0.25, 0.3) is 0 Å². The van der Waals surface area contributed by atoms with Crippen LogP contribution in [0.4, 0.5) is 0 Å². The Morgan fingerprint density at radius 1 is 1.12 bits per heavy atom. The summed E-state index contributed by atoms with van der Waals surface area (Å²) in [6.07, 6.45) is 1.15. The van der Waals surface area contributed by atoms with Crippen molar-refractivity contribution in [2.24, 2.45) is 0 Å². The summed E-state index contributed by atoms with van der Waals surface area (Å²) in [6.45, 7) is 11.0. The SMILES string of the molecule is CCC(C)c1nc2sc(C(C)(C)C)nc2s1. The minimum absolute atomic E-state index is 0.140. The van der Waals surface area contributed by atoms with Crippen molar-refractivity contribution in [3.05, 3.63) is 10.0 Å². The molecule has 0 spiro atoms. The van der Waals surface area contributed by atoms with Crippen LogP contribution in [0.5, 0.6) is 0 Å². The normalized spacial score (nSPS) is 14.6. The van der Waals surface area contributed by atoms with E-state index in [2.05, 4.69) is 34.6 Å². The lowest BCUT2D eigenvalue weighted by atomic mass is 9.98. The van der Waals surface area contributed by atoms with Crippen LogP contribution in [0.2, 0.25) is 0 Å². The molecule has 0 bridgehead atoms. The molecule has 0 aromatic carbocycles. The third-order valence-electron chi connectivity index (χ3n) is 2.67. The Labute approximate surface area is 105 Å². The predicted molar refractivity (Wildman–Crippen MR) is 72.7 cm³/mol. The highest BCUT2D eigenvalue weighted by atomic mass is 32.1. The second-order valence-electron chi connectivity index (χ2n) is 5.24. The van der Waals surface area contributed by atoms with Crippen LogP contribution in [0.1, 0.15) is 57.0 Å². The first-order valence-electron chi connectivity index (χ1n) is 5.69. The summed E-state index contributed by atoms with van der Waals surface area (Å²) in [7, 11) is 0. The molecular weight excluding hydrogens is 236 g/mol. The molecule has 0 aliphatic carbocycles. The average molecular weight is 254 g/mol. The molecule has 0 saturated carbocycles. The molecule has 0 N–H and O–H groups in total. The lowest BCUT2D eigenvalue weighted by molar-refractivity contribution is 0.587. The molecule has 2 heterocycles. The molecule has 1 atom stereocenters. The summed E-state index contributed by atoms with van der Waals surface area (Å²) in [5, 5.41) is 2.42. The lowest BCUT2D eigenvalue weighted by Crippen LogP contribution is -2.09. The molecule has 2 aromatic rings. The molecule has 0 aliphatic heterocycles. The summed E-state index contributed by atoms with van der Waals surface area (Å²) in [6, 6.07) is 0. The number of hydrogen-bond acceptors (Lipinski definition) is 4. The van der Waals surface area contributed by atoms with Gasteiger partial charge >= 0.3 is 0 Å². The van der Waals surface area contributed by atoms with Gasteiger partial charge < -0.3 is 0 Å². The highest BCUT2D eigenvalue weighted by Crippen LogP contribution is 2.35. The van der Waals surface area contributed by atoms with Crippen molar-refractivity contribution in [1.29, 1.82) is 0 Å². The zero-order chi connectivity index (χ0) is 11.9. The first kappa shape index (κ1) is 12.0. The van der Waals surface area contributed by atoms with Crippen LogP contribution < -0.4 is 0 Å². The van der Waals surface area contributed by atoms with Crippen molar-refractivity contribution in [2.45, 2.75) is 52.4 Å². The molecule has 2 rings (SSSR count). The second kappa shape index (κ2) is 4.08. The topological polar surface area (TPSA) is 25.8 Å². The van der Waals surface area contributed by atoms with Crippen LogP contribution >= 0.6 is 22.7 Å². The van der Waals surface area contributed by atoms with E-state index in [1.54, 1.807) is 22.7 Å². The second-order valence-corrected chi connectivity index (χ2v) is 7.23. The zero-order valence-corrected chi connectivity index (χ0v) is 12.1. The van der Waals surface area contributed by atoms with Crippen molar-refractivity contribution in [3.63, 3.8) is 0 Å². The summed E-state index contributed by atoms with van der Waals surface area (Å²) >= 11 is 3.50. The van der Waals surface area contributed by atoms with E-state index in [0.29, 0.717) is 5.92 Å². The maximum Gasteiger partial charge on any atom is 0.155 e. The Morgan fingerprint density at radius 2 is 1.75 bits per heavy atom. The molecular formula is C12H18N2S2. The quantitative estimate of drug-likeness (QED) is 0.785. The van der Waals surface area contributed by atoms with E-state index in [1.807, 2.05) is 0 Å². The molecule has 0 saturated heterocycles. The third kappa shape index (κ3) is 2.13. The van der Waals surface area contributed by atoms with E-state index in [9.17, 15) is 0 Å². The molecule has 16 heavy (non-hydrogen) atoms. The number of thiazole rings is 2. The minimum Gasteiger partial charge on any atom is -0.228 e. The Morgan fingerprint density at radius 3 is 2.25 bits per heavy atom. The summed E-state index contributed by atoms with van der Waals surface area (Å²) < 4.78 is 0. The van der Waals surface area contributed by atoms with Gasteiger partial charge in [-0.2, -0.15) is 0 Å². The average Bonchev–Trinajstić information content (AvgIpc) is 2.71. The fraction of sp³-hybridized carbons (Fsp3) is 0.667. The van der Waals surface area contributed by atoms with Gasteiger partial charge in [0.05, 0.1) is 5.01 Å². The molecule has 1 unspecified atom stereocenters. The first-order valence-corrected chi connectivity index (χ1v) is 7.33. The summed E-state index contributed by atoms with van der Waals surface area (Å²) in [5.41, 5.74) is 0.140.